The Hall–Kier alpha value is -1.32. The first-order chi connectivity index (χ1) is 9.04. The standard InChI is InChI=1S/C15H20ClNO2/c1-11(2)14(9-10-18)17-15(19)8-7-12-5-3-4-6-13(12)16/h3-8,11,14,18H,9-10H2,1-2H3,(H,17,19)/b8-7+. The molecule has 0 aromatic heterocycles. The largest absolute Gasteiger partial charge is 0.396 e. The molecule has 0 aliphatic heterocycles. The van der Waals surface area contributed by atoms with Gasteiger partial charge in [0.25, 0.3) is 0 Å². The molecule has 2 N–H and O–H groups in total. The highest BCUT2D eigenvalue weighted by molar-refractivity contribution is 6.32. The van der Waals surface area contributed by atoms with Crippen molar-refractivity contribution < 1.29 is 9.90 Å². The fraction of sp³-hybridized carbons (Fsp3) is 0.400. The maximum atomic E-state index is 11.8. The summed E-state index contributed by atoms with van der Waals surface area (Å²) in [5.74, 6) is 0.108. The van der Waals surface area contributed by atoms with Crippen LogP contribution in [0.1, 0.15) is 25.8 Å². The molecule has 1 aromatic carbocycles. The highest BCUT2D eigenvalue weighted by Gasteiger charge is 2.13. The fourth-order valence-electron chi connectivity index (χ4n) is 1.72. The lowest BCUT2D eigenvalue weighted by Crippen LogP contribution is -2.38. The van der Waals surface area contributed by atoms with Crippen LogP contribution in [0.25, 0.3) is 6.08 Å². The molecule has 0 heterocycles. The number of aliphatic hydroxyl groups excluding tert-OH is 1. The maximum absolute atomic E-state index is 11.8. The summed E-state index contributed by atoms with van der Waals surface area (Å²) in [6.07, 6.45) is 3.71. The van der Waals surface area contributed by atoms with E-state index in [4.69, 9.17) is 16.7 Å². The van der Waals surface area contributed by atoms with Gasteiger partial charge in [-0.15, -0.1) is 0 Å². The van der Waals surface area contributed by atoms with Crippen LogP contribution in [0.3, 0.4) is 0 Å². The second kappa shape index (κ2) is 7.97. The molecule has 1 aromatic rings. The number of aliphatic hydroxyl groups is 1. The van der Waals surface area contributed by atoms with E-state index in [-0.39, 0.29) is 24.5 Å². The van der Waals surface area contributed by atoms with Crippen LogP contribution in [0.5, 0.6) is 0 Å². The van der Waals surface area contributed by atoms with Crippen molar-refractivity contribution in [2.75, 3.05) is 6.61 Å². The van der Waals surface area contributed by atoms with Crippen LogP contribution in [0, 0.1) is 5.92 Å². The maximum Gasteiger partial charge on any atom is 0.244 e. The minimum Gasteiger partial charge on any atom is -0.396 e. The van der Waals surface area contributed by atoms with E-state index in [2.05, 4.69) is 5.32 Å². The predicted octanol–water partition coefficient (Wildman–Crippen LogP) is 2.88. The Morgan fingerprint density at radius 1 is 1.42 bits per heavy atom. The zero-order valence-electron chi connectivity index (χ0n) is 11.3. The molecule has 19 heavy (non-hydrogen) atoms. The third-order valence-electron chi connectivity index (χ3n) is 2.89. The molecule has 0 aliphatic rings. The van der Waals surface area contributed by atoms with E-state index in [1.165, 1.54) is 6.08 Å². The van der Waals surface area contributed by atoms with E-state index >= 15 is 0 Å². The molecule has 0 bridgehead atoms. The van der Waals surface area contributed by atoms with Crippen molar-refractivity contribution in [1.82, 2.24) is 5.32 Å². The smallest absolute Gasteiger partial charge is 0.244 e. The minimum atomic E-state index is -0.174. The summed E-state index contributed by atoms with van der Waals surface area (Å²) in [7, 11) is 0. The number of hydrogen-bond donors (Lipinski definition) is 2. The SMILES string of the molecule is CC(C)C(CCO)NC(=O)/C=C/c1ccccc1Cl. The van der Waals surface area contributed by atoms with Gasteiger partial charge in [0.1, 0.15) is 0 Å². The fourth-order valence-corrected chi connectivity index (χ4v) is 1.92. The molecule has 0 spiro atoms. The van der Waals surface area contributed by atoms with Gasteiger partial charge in [-0.25, -0.2) is 0 Å². The third kappa shape index (κ3) is 5.45. The first kappa shape index (κ1) is 15.7. The summed E-state index contributed by atoms with van der Waals surface area (Å²) >= 11 is 6.00. The first-order valence-electron chi connectivity index (χ1n) is 6.38. The predicted molar refractivity (Wildman–Crippen MR) is 79.0 cm³/mol. The number of halogens is 1. The van der Waals surface area contributed by atoms with E-state index in [0.29, 0.717) is 11.4 Å². The van der Waals surface area contributed by atoms with Gasteiger partial charge in [-0.3, -0.25) is 4.79 Å². The molecule has 104 valence electrons. The molecule has 0 saturated carbocycles. The van der Waals surface area contributed by atoms with Crippen molar-refractivity contribution in [3.8, 4) is 0 Å². The Morgan fingerprint density at radius 3 is 2.68 bits per heavy atom. The highest BCUT2D eigenvalue weighted by atomic mass is 35.5. The highest BCUT2D eigenvalue weighted by Crippen LogP contribution is 2.16. The number of carbonyl (C=O) groups is 1. The Kier molecular flexibility index (Phi) is 6.60. The molecule has 3 nitrogen and oxygen atoms in total. The van der Waals surface area contributed by atoms with E-state index in [1.807, 2.05) is 32.0 Å². The summed E-state index contributed by atoms with van der Waals surface area (Å²) in [6, 6.07) is 7.32. The zero-order valence-corrected chi connectivity index (χ0v) is 12.0. The second-order valence-electron chi connectivity index (χ2n) is 4.73. The molecule has 1 unspecified atom stereocenters. The van der Waals surface area contributed by atoms with Crippen LogP contribution in [0.2, 0.25) is 5.02 Å². The molecule has 1 rings (SSSR count). The van der Waals surface area contributed by atoms with E-state index in [9.17, 15) is 4.79 Å². The molecule has 0 radical (unpaired) electrons. The van der Waals surface area contributed by atoms with Gasteiger partial charge < -0.3 is 10.4 Å². The lowest BCUT2D eigenvalue weighted by atomic mass is 10.0. The minimum absolute atomic E-state index is 0.0200. The first-order valence-corrected chi connectivity index (χ1v) is 6.76. The summed E-state index contributed by atoms with van der Waals surface area (Å²) in [4.78, 5) is 11.8. The van der Waals surface area contributed by atoms with Crippen molar-refractivity contribution in [3.05, 3.63) is 40.9 Å². The lowest BCUT2D eigenvalue weighted by molar-refractivity contribution is -0.117. The van der Waals surface area contributed by atoms with Gasteiger partial charge in [0.15, 0.2) is 0 Å². The van der Waals surface area contributed by atoms with E-state index in [1.54, 1.807) is 12.1 Å². The van der Waals surface area contributed by atoms with Crippen LogP contribution >= 0.6 is 11.6 Å². The van der Waals surface area contributed by atoms with Crippen molar-refractivity contribution in [2.24, 2.45) is 5.92 Å². The van der Waals surface area contributed by atoms with Crippen LogP contribution in [-0.2, 0) is 4.79 Å². The van der Waals surface area contributed by atoms with Gasteiger partial charge in [0.2, 0.25) is 5.91 Å². The number of carbonyl (C=O) groups excluding carboxylic acids is 1. The van der Waals surface area contributed by atoms with Crippen LogP contribution in [0.4, 0.5) is 0 Å². The average molecular weight is 282 g/mol. The van der Waals surface area contributed by atoms with Crippen LogP contribution in [0.15, 0.2) is 30.3 Å². The van der Waals surface area contributed by atoms with Crippen molar-refractivity contribution in [2.45, 2.75) is 26.3 Å². The van der Waals surface area contributed by atoms with Gasteiger partial charge in [-0.05, 0) is 30.0 Å². The number of amides is 1. The van der Waals surface area contributed by atoms with Gasteiger partial charge >= 0.3 is 0 Å². The molecular weight excluding hydrogens is 262 g/mol. The average Bonchev–Trinajstić information content (AvgIpc) is 2.37. The normalized spacial score (nSPS) is 12.9. The van der Waals surface area contributed by atoms with Crippen molar-refractivity contribution in [3.63, 3.8) is 0 Å². The molecule has 0 aliphatic carbocycles. The molecule has 1 amide bonds. The van der Waals surface area contributed by atoms with Gasteiger partial charge in [0.05, 0.1) is 0 Å². The quantitative estimate of drug-likeness (QED) is 0.788. The molecular formula is C15H20ClNO2. The van der Waals surface area contributed by atoms with Gasteiger partial charge in [0, 0.05) is 23.7 Å². The summed E-state index contributed by atoms with van der Waals surface area (Å²) in [5, 5.41) is 12.4. The lowest BCUT2D eigenvalue weighted by Gasteiger charge is -2.20. The molecule has 0 saturated heterocycles. The number of nitrogens with one attached hydrogen (secondary N) is 1. The Morgan fingerprint density at radius 2 is 2.11 bits per heavy atom. The van der Waals surface area contributed by atoms with Gasteiger partial charge in [-0.1, -0.05) is 43.6 Å². The third-order valence-corrected chi connectivity index (χ3v) is 3.24. The summed E-state index contributed by atoms with van der Waals surface area (Å²) in [6.45, 7) is 4.09. The second-order valence-corrected chi connectivity index (χ2v) is 5.13. The molecule has 4 heteroatoms. The van der Waals surface area contributed by atoms with Crippen LogP contribution in [-0.4, -0.2) is 23.7 Å². The van der Waals surface area contributed by atoms with Gasteiger partial charge in [-0.2, -0.15) is 0 Å². The zero-order chi connectivity index (χ0) is 14.3. The molecule has 0 fully saturated rings. The Labute approximate surface area is 119 Å². The molecule has 1 atom stereocenters. The number of rotatable bonds is 6. The number of hydrogen-bond acceptors (Lipinski definition) is 2. The van der Waals surface area contributed by atoms with E-state index < -0.39 is 0 Å². The summed E-state index contributed by atoms with van der Waals surface area (Å²) in [5.41, 5.74) is 0.808. The number of benzene rings is 1. The van der Waals surface area contributed by atoms with Crippen molar-refractivity contribution >= 4 is 23.6 Å². The van der Waals surface area contributed by atoms with Crippen molar-refractivity contribution in [1.29, 1.82) is 0 Å². The topological polar surface area (TPSA) is 49.3 Å². The monoisotopic (exact) mass is 281 g/mol. The Bertz CT molecular complexity index is 444. The van der Waals surface area contributed by atoms with Crippen LogP contribution < -0.4 is 5.32 Å². The Balaban J connectivity index is 2.62. The summed E-state index contributed by atoms with van der Waals surface area (Å²) < 4.78 is 0. The van der Waals surface area contributed by atoms with E-state index in [0.717, 1.165) is 5.56 Å².